The maximum atomic E-state index is 13.6. The quantitative estimate of drug-likeness (QED) is 0.332. The van der Waals surface area contributed by atoms with Gasteiger partial charge in [0.2, 0.25) is 26.0 Å². The molecule has 39 heavy (non-hydrogen) atoms. The van der Waals surface area contributed by atoms with Gasteiger partial charge in [-0.15, -0.1) is 0 Å². The second kappa shape index (κ2) is 13.1. The number of nitrogens with zero attached hydrogens (tertiary/aromatic N) is 2. The predicted molar refractivity (Wildman–Crippen MR) is 148 cm³/mol. The summed E-state index contributed by atoms with van der Waals surface area (Å²) in [7, 11) is -1.87. The van der Waals surface area contributed by atoms with Gasteiger partial charge in [-0.05, 0) is 41.8 Å². The molecule has 0 aromatic heterocycles. The van der Waals surface area contributed by atoms with Crippen molar-refractivity contribution in [2.24, 2.45) is 0 Å². The molecule has 210 valence electrons. The van der Waals surface area contributed by atoms with Crippen LogP contribution in [0, 0.1) is 0 Å². The highest BCUT2D eigenvalue weighted by molar-refractivity contribution is 7.89. The number of carbonyl (C=O) groups is 1. The van der Waals surface area contributed by atoms with Gasteiger partial charge in [0.05, 0.1) is 30.6 Å². The number of amides is 1. The molecule has 1 N–H and O–H groups in total. The zero-order valence-electron chi connectivity index (χ0n) is 22.3. The Labute approximate surface area is 230 Å². The van der Waals surface area contributed by atoms with Gasteiger partial charge in [-0.2, -0.15) is 4.31 Å². The van der Waals surface area contributed by atoms with Crippen LogP contribution in [0.3, 0.4) is 0 Å². The lowest BCUT2D eigenvalue weighted by molar-refractivity contribution is -0.121. The molecule has 0 heterocycles. The molecule has 0 aliphatic heterocycles. The molecule has 3 aromatic rings. The van der Waals surface area contributed by atoms with Gasteiger partial charge in [-0.25, -0.2) is 21.1 Å². The smallest absolute Gasteiger partial charge is 0.243 e. The number of rotatable bonds is 13. The molecule has 1 amide bonds. The van der Waals surface area contributed by atoms with Crippen molar-refractivity contribution in [3.63, 3.8) is 0 Å². The summed E-state index contributed by atoms with van der Waals surface area (Å²) in [6.45, 7) is -0.230. The molecule has 0 saturated heterocycles. The van der Waals surface area contributed by atoms with Gasteiger partial charge in [-0.1, -0.05) is 42.5 Å². The van der Waals surface area contributed by atoms with Gasteiger partial charge < -0.3 is 14.8 Å². The van der Waals surface area contributed by atoms with E-state index in [-0.39, 0.29) is 28.6 Å². The lowest BCUT2D eigenvalue weighted by atomic mass is 10.1. The Kier molecular flexibility index (Phi) is 10.1. The van der Waals surface area contributed by atoms with Gasteiger partial charge >= 0.3 is 0 Å². The number of hydrogen-bond donors (Lipinski definition) is 1. The van der Waals surface area contributed by atoms with Crippen LogP contribution in [-0.4, -0.2) is 72.8 Å². The van der Waals surface area contributed by atoms with Crippen LogP contribution in [0.1, 0.15) is 11.1 Å². The maximum Gasteiger partial charge on any atom is 0.243 e. The van der Waals surface area contributed by atoms with E-state index in [0.717, 1.165) is 14.2 Å². The van der Waals surface area contributed by atoms with Crippen LogP contribution in [-0.2, 0) is 37.8 Å². The van der Waals surface area contributed by atoms with E-state index in [1.807, 2.05) is 30.3 Å². The first-order valence-electron chi connectivity index (χ1n) is 12.0. The minimum atomic E-state index is -4.07. The fourth-order valence-corrected chi connectivity index (χ4v) is 6.03. The van der Waals surface area contributed by atoms with Gasteiger partial charge in [0.1, 0.15) is 0 Å². The standard InChI is InChI=1S/C27H33N3O7S2/c1-29(2)38(32,33)23-12-10-22(11-13-23)19-28-27(31)20-30(17-16-21-8-6-5-7-9-21)39(34,35)24-14-15-25(36-3)26(18-24)37-4/h5-15,18H,16-17,19-20H2,1-4H3,(H,28,31). The van der Waals surface area contributed by atoms with Crippen molar-refractivity contribution in [2.45, 2.75) is 22.8 Å². The Morgan fingerprint density at radius 3 is 1.97 bits per heavy atom. The zero-order valence-corrected chi connectivity index (χ0v) is 24.0. The summed E-state index contributed by atoms with van der Waals surface area (Å²) in [6, 6.07) is 19.8. The Bertz CT molecular complexity index is 1480. The van der Waals surface area contributed by atoms with Gasteiger partial charge in [0.25, 0.3) is 0 Å². The number of carbonyl (C=O) groups excluding carboxylic acids is 1. The molecule has 3 aromatic carbocycles. The summed E-state index contributed by atoms with van der Waals surface area (Å²) in [5.41, 5.74) is 1.60. The molecule has 0 saturated carbocycles. The molecule has 0 atom stereocenters. The largest absolute Gasteiger partial charge is 0.493 e. The van der Waals surface area contributed by atoms with Crippen molar-refractivity contribution in [3.8, 4) is 11.5 Å². The highest BCUT2D eigenvalue weighted by Gasteiger charge is 2.28. The number of benzene rings is 3. The average Bonchev–Trinajstić information content (AvgIpc) is 2.94. The molecular formula is C27H33N3O7S2. The predicted octanol–water partition coefficient (Wildman–Crippen LogP) is 2.50. The molecule has 0 radical (unpaired) electrons. The Balaban J connectivity index is 1.77. The van der Waals surface area contributed by atoms with Crippen molar-refractivity contribution < 1.29 is 31.1 Å². The van der Waals surface area contributed by atoms with E-state index in [9.17, 15) is 21.6 Å². The second-order valence-electron chi connectivity index (χ2n) is 8.80. The third-order valence-electron chi connectivity index (χ3n) is 6.00. The summed E-state index contributed by atoms with van der Waals surface area (Å²) in [4.78, 5) is 13.0. The maximum absolute atomic E-state index is 13.6. The fourth-order valence-electron chi connectivity index (χ4n) is 3.72. The van der Waals surface area contributed by atoms with Crippen molar-refractivity contribution in [3.05, 3.63) is 83.9 Å². The lowest BCUT2D eigenvalue weighted by Gasteiger charge is -2.22. The number of nitrogens with one attached hydrogen (secondary N) is 1. The number of methoxy groups -OCH3 is 2. The molecule has 0 bridgehead atoms. The Hall–Kier alpha value is -3.45. The van der Waals surface area contributed by atoms with E-state index in [1.165, 1.54) is 58.6 Å². The third kappa shape index (κ3) is 7.57. The summed E-state index contributed by atoms with van der Waals surface area (Å²) in [5, 5.41) is 2.72. The molecule has 0 aliphatic carbocycles. The first kappa shape index (κ1) is 30.1. The minimum absolute atomic E-state index is 0.0290. The van der Waals surface area contributed by atoms with Crippen LogP contribution in [0.2, 0.25) is 0 Å². The Morgan fingerprint density at radius 2 is 1.38 bits per heavy atom. The van der Waals surface area contributed by atoms with Crippen LogP contribution in [0.15, 0.2) is 82.6 Å². The number of hydrogen-bond acceptors (Lipinski definition) is 7. The van der Waals surface area contributed by atoms with E-state index in [0.29, 0.717) is 17.7 Å². The number of sulfonamides is 2. The fraction of sp³-hybridized carbons (Fsp3) is 0.296. The van der Waals surface area contributed by atoms with E-state index < -0.39 is 32.5 Å². The number of ether oxygens (including phenoxy) is 2. The van der Waals surface area contributed by atoms with Crippen molar-refractivity contribution >= 4 is 26.0 Å². The molecule has 3 rings (SSSR count). The van der Waals surface area contributed by atoms with Gasteiger partial charge in [-0.3, -0.25) is 4.79 Å². The van der Waals surface area contributed by atoms with E-state index in [2.05, 4.69) is 5.32 Å². The molecule has 0 fully saturated rings. The molecule has 12 heteroatoms. The van der Waals surface area contributed by atoms with Crippen LogP contribution in [0.25, 0.3) is 0 Å². The van der Waals surface area contributed by atoms with E-state index in [1.54, 1.807) is 12.1 Å². The van der Waals surface area contributed by atoms with Crippen LogP contribution >= 0.6 is 0 Å². The minimum Gasteiger partial charge on any atom is -0.493 e. The topological polar surface area (TPSA) is 122 Å². The van der Waals surface area contributed by atoms with E-state index in [4.69, 9.17) is 9.47 Å². The summed E-state index contributed by atoms with van der Waals surface area (Å²) >= 11 is 0. The van der Waals surface area contributed by atoms with Crippen LogP contribution in [0.5, 0.6) is 11.5 Å². The third-order valence-corrected chi connectivity index (χ3v) is 9.67. The van der Waals surface area contributed by atoms with Crippen LogP contribution in [0.4, 0.5) is 0 Å². The van der Waals surface area contributed by atoms with Crippen molar-refractivity contribution in [1.82, 2.24) is 13.9 Å². The van der Waals surface area contributed by atoms with Crippen molar-refractivity contribution in [1.29, 1.82) is 0 Å². The molecule has 10 nitrogen and oxygen atoms in total. The van der Waals surface area contributed by atoms with Crippen LogP contribution < -0.4 is 14.8 Å². The van der Waals surface area contributed by atoms with Gasteiger partial charge in [0.15, 0.2) is 11.5 Å². The summed E-state index contributed by atoms with van der Waals surface area (Å²) < 4.78 is 64.5. The summed E-state index contributed by atoms with van der Waals surface area (Å²) in [6.07, 6.45) is 0.405. The zero-order chi connectivity index (χ0) is 28.6. The van der Waals surface area contributed by atoms with Gasteiger partial charge in [0, 0.05) is 33.3 Å². The average molecular weight is 576 g/mol. The molecule has 0 spiro atoms. The Morgan fingerprint density at radius 1 is 0.769 bits per heavy atom. The highest BCUT2D eigenvalue weighted by atomic mass is 32.2. The van der Waals surface area contributed by atoms with E-state index >= 15 is 0 Å². The van der Waals surface area contributed by atoms with Crippen molar-refractivity contribution in [2.75, 3.05) is 41.4 Å². The second-order valence-corrected chi connectivity index (χ2v) is 12.9. The molecular weight excluding hydrogens is 542 g/mol. The monoisotopic (exact) mass is 575 g/mol. The first-order chi connectivity index (χ1) is 18.5. The lowest BCUT2D eigenvalue weighted by Crippen LogP contribution is -2.41. The molecule has 0 aliphatic rings. The normalized spacial score (nSPS) is 11.9. The highest BCUT2D eigenvalue weighted by Crippen LogP contribution is 2.30. The first-order valence-corrected chi connectivity index (χ1v) is 14.9. The molecule has 0 unspecified atom stereocenters. The SMILES string of the molecule is COc1ccc(S(=O)(=O)N(CCc2ccccc2)CC(=O)NCc2ccc(S(=O)(=O)N(C)C)cc2)cc1OC. The summed E-state index contributed by atoms with van der Waals surface area (Å²) in [5.74, 6) is 0.136.